The summed E-state index contributed by atoms with van der Waals surface area (Å²) in [4.78, 5) is 63.2. The van der Waals surface area contributed by atoms with Crippen LogP contribution in [-0.2, 0) is 49.3 Å². The smallest absolute Gasteiger partial charge is 0.344 e. The zero-order valence-corrected chi connectivity index (χ0v) is 31.2. The lowest BCUT2D eigenvalue weighted by molar-refractivity contribution is -0.374. The van der Waals surface area contributed by atoms with E-state index in [-0.39, 0.29) is 25.2 Å². The van der Waals surface area contributed by atoms with Crippen molar-refractivity contribution in [3.63, 3.8) is 0 Å². The van der Waals surface area contributed by atoms with Crippen LogP contribution in [0.2, 0.25) is 0 Å². The van der Waals surface area contributed by atoms with Crippen LogP contribution in [0.4, 0.5) is 0 Å². The summed E-state index contributed by atoms with van der Waals surface area (Å²) < 4.78 is 22.2. The highest BCUT2D eigenvalue weighted by molar-refractivity contribution is 5.98. The fraction of sp³-hybridized carbons (Fsp3) is 0.537. The van der Waals surface area contributed by atoms with Gasteiger partial charge in [-0.1, -0.05) is 105 Å². The second-order valence-corrected chi connectivity index (χ2v) is 14.4. The van der Waals surface area contributed by atoms with Crippen LogP contribution >= 0.6 is 0 Å². The first-order valence-corrected chi connectivity index (χ1v) is 18.8. The monoisotopic (exact) mass is 768 g/mol. The molecular formula is C41H52O14. The van der Waals surface area contributed by atoms with E-state index in [1.165, 1.54) is 12.5 Å². The molecule has 2 heterocycles. The number of carboxylic acids is 3. The van der Waals surface area contributed by atoms with Crippen molar-refractivity contribution in [2.45, 2.75) is 132 Å². The van der Waals surface area contributed by atoms with Crippen LogP contribution in [0.3, 0.4) is 0 Å². The van der Waals surface area contributed by atoms with Gasteiger partial charge in [-0.15, -0.1) is 0 Å². The summed E-state index contributed by atoms with van der Waals surface area (Å²) in [6, 6.07) is 19.6. The minimum Gasteiger partial charge on any atom is -0.479 e. The van der Waals surface area contributed by atoms with E-state index in [1.807, 2.05) is 67.6 Å². The molecule has 55 heavy (non-hydrogen) atoms. The molecule has 2 aromatic rings. The molecule has 0 aliphatic carbocycles. The van der Waals surface area contributed by atoms with Crippen molar-refractivity contribution in [2.75, 3.05) is 0 Å². The van der Waals surface area contributed by atoms with E-state index >= 15 is 0 Å². The van der Waals surface area contributed by atoms with Crippen molar-refractivity contribution in [3.8, 4) is 0 Å². The summed E-state index contributed by atoms with van der Waals surface area (Å²) in [6.07, 6.45) is 1.28. The number of aliphatic hydroxyl groups excluding tert-OH is 1. The molecule has 2 fully saturated rings. The minimum atomic E-state index is -3.85. The summed E-state index contributed by atoms with van der Waals surface area (Å²) in [5.74, 6) is -10.9. The fourth-order valence-electron chi connectivity index (χ4n) is 7.45. The van der Waals surface area contributed by atoms with Crippen molar-refractivity contribution in [3.05, 3.63) is 77.9 Å². The molecule has 2 aliphatic rings. The van der Waals surface area contributed by atoms with Gasteiger partial charge in [0, 0.05) is 19.8 Å². The fourth-order valence-corrected chi connectivity index (χ4v) is 7.45. The quantitative estimate of drug-likeness (QED) is 0.0792. The topological polar surface area (TPSA) is 223 Å². The van der Waals surface area contributed by atoms with Gasteiger partial charge in [-0.3, -0.25) is 9.59 Å². The first kappa shape index (κ1) is 43.1. The molecule has 2 aliphatic heterocycles. The Bertz CT molecular complexity index is 1650. The van der Waals surface area contributed by atoms with Crippen molar-refractivity contribution in [1.29, 1.82) is 0 Å². The Balaban J connectivity index is 1.46. The average molecular weight is 769 g/mol. The number of rotatable bonds is 22. The van der Waals surface area contributed by atoms with Gasteiger partial charge in [0.1, 0.15) is 12.2 Å². The Morgan fingerprint density at radius 1 is 0.855 bits per heavy atom. The number of unbranched alkanes of at least 4 members (excludes halogenated alkanes) is 5. The second kappa shape index (κ2) is 19.3. The lowest BCUT2D eigenvalue weighted by atomic mass is 9.74. The van der Waals surface area contributed by atoms with Crippen LogP contribution in [0.5, 0.6) is 0 Å². The van der Waals surface area contributed by atoms with Crippen molar-refractivity contribution in [1.82, 2.24) is 0 Å². The van der Waals surface area contributed by atoms with Gasteiger partial charge in [0.25, 0.3) is 0 Å². The van der Waals surface area contributed by atoms with E-state index in [9.17, 15) is 49.5 Å². The Morgan fingerprint density at radius 3 is 2.07 bits per heavy atom. The third-order valence-corrected chi connectivity index (χ3v) is 10.4. The number of benzene rings is 2. The maximum absolute atomic E-state index is 13.1. The Kier molecular flexibility index (Phi) is 15.1. The number of allylic oxidation sites excluding steroid dienone is 1. The average Bonchev–Trinajstić information content (AvgIpc) is 3.36. The molecule has 0 amide bonds. The highest BCUT2D eigenvalue weighted by Gasteiger charge is 2.85. The second-order valence-electron chi connectivity index (χ2n) is 14.4. The van der Waals surface area contributed by atoms with Crippen molar-refractivity contribution in [2.24, 2.45) is 5.92 Å². The molecule has 2 saturated heterocycles. The lowest BCUT2D eigenvalue weighted by Gasteiger charge is -2.48. The Labute approximate surface area is 320 Å². The Hall–Kier alpha value is -4.63. The summed E-state index contributed by atoms with van der Waals surface area (Å²) in [7, 11) is 0. The number of esters is 2. The zero-order chi connectivity index (χ0) is 40.2. The van der Waals surface area contributed by atoms with Gasteiger partial charge in [-0.25, -0.2) is 14.4 Å². The molecule has 0 spiro atoms. The van der Waals surface area contributed by atoms with Crippen LogP contribution in [0.25, 0.3) is 6.08 Å². The van der Waals surface area contributed by atoms with Gasteiger partial charge in [0.2, 0.25) is 23.1 Å². The van der Waals surface area contributed by atoms with E-state index in [0.717, 1.165) is 37.7 Å². The summed E-state index contributed by atoms with van der Waals surface area (Å²) in [5.41, 5.74) is -5.11. The number of aryl methyl sites for hydroxylation is 1. The number of ether oxygens (including phenoxy) is 4. The van der Waals surface area contributed by atoms with Crippen molar-refractivity contribution >= 4 is 35.9 Å². The molecule has 0 radical (unpaired) electrons. The summed E-state index contributed by atoms with van der Waals surface area (Å²) >= 11 is 0. The molecule has 0 aromatic heterocycles. The molecule has 14 nitrogen and oxygen atoms in total. The van der Waals surface area contributed by atoms with Gasteiger partial charge in [0.15, 0.2) is 6.10 Å². The molecule has 8 atom stereocenters. The number of carbonyl (C=O) groups excluding carboxylic acids is 2. The molecule has 2 bridgehead atoms. The normalized spacial score (nSPS) is 26.9. The predicted molar refractivity (Wildman–Crippen MR) is 196 cm³/mol. The maximum Gasteiger partial charge on any atom is 0.344 e. The molecule has 4 rings (SSSR count). The molecule has 5 N–H and O–H groups in total. The molecule has 0 saturated carbocycles. The van der Waals surface area contributed by atoms with Gasteiger partial charge in [-0.2, -0.15) is 0 Å². The highest BCUT2D eigenvalue weighted by atomic mass is 16.8. The summed E-state index contributed by atoms with van der Waals surface area (Å²) in [5, 5.41) is 53.7. The molecular weight excluding hydrogens is 716 g/mol. The van der Waals surface area contributed by atoms with Gasteiger partial charge >= 0.3 is 29.8 Å². The molecule has 2 aromatic carbocycles. The standard InChI is InChI=1S/C41H52O14/c1-27(17-15-23-30-21-12-8-13-22-30)31(52-28(2)42)24-16-26-39-33(44)34(41(55-39,38(49)50)40(51,37(47)48)35(54-39)36(45)46)53-32(43)25-14-6-4-3-5-9-18-29-19-10-7-11-20-29/h7-8,10-13,15,19-23,27,31,33-35,44,51H,3-6,9,14,16-18,24-26H2,1-2H3,(H,45,46)(H,47,48)(H,49,50)/b23-15+. The molecule has 14 heteroatoms. The van der Waals surface area contributed by atoms with Crippen LogP contribution in [-0.4, -0.2) is 96.8 Å². The van der Waals surface area contributed by atoms with Gasteiger partial charge in [0.05, 0.1) is 0 Å². The Morgan fingerprint density at radius 2 is 1.47 bits per heavy atom. The number of aliphatic hydroxyl groups is 2. The number of carbonyl (C=O) groups is 5. The molecule has 300 valence electrons. The SMILES string of the molecule is CC(=O)OC(CCCC12OC(C(=O)O)C(O)(C(=O)O)C(C(=O)O)(O1)C(OC(=O)CCCCCCCCc1ccccc1)C2O)C(C)C/C=C/c1ccccc1. The van der Waals surface area contributed by atoms with Crippen LogP contribution in [0, 0.1) is 5.92 Å². The van der Waals surface area contributed by atoms with Gasteiger partial charge < -0.3 is 44.5 Å². The van der Waals surface area contributed by atoms with E-state index in [1.54, 1.807) is 0 Å². The van der Waals surface area contributed by atoms with Crippen LogP contribution in [0.15, 0.2) is 66.7 Å². The number of fused-ring (bicyclic) bond motifs is 2. The van der Waals surface area contributed by atoms with Crippen LogP contribution in [0.1, 0.15) is 95.6 Å². The molecule has 8 unspecified atom stereocenters. The maximum atomic E-state index is 13.1. The van der Waals surface area contributed by atoms with E-state index in [0.29, 0.717) is 19.3 Å². The van der Waals surface area contributed by atoms with Gasteiger partial charge in [-0.05, 0) is 55.6 Å². The van der Waals surface area contributed by atoms with Crippen molar-refractivity contribution < 1.29 is 68.5 Å². The zero-order valence-electron chi connectivity index (χ0n) is 31.2. The minimum absolute atomic E-state index is 0.0265. The lowest BCUT2D eigenvalue weighted by Crippen LogP contribution is -2.78. The number of hydrogen-bond acceptors (Lipinski definition) is 11. The first-order valence-electron chi connectivity index (χ1n) is 18.8. The number of carboxylic acid groups (broad SMARTS) is 3. The van der Waals surface area contributed by atoms with E-state index in [4.69, 9.17) is 18.9 Å². The summed E-state index contributed by atoms with van der Waals surface area (Å²) in [6.45, 7) is 3.09. The third-order valence-electron chi connectivity index (χ3n) is 10.4. The predicted octanol–water partition coefficient (Wildman–Crippen LogP) is 4.92. The van der Waals surface area contributed by atoms with Crippen LogP contribution < -0.4 is 0 Å². The van der Waals surface area contributed by atoms with E-state index in [2.05, 4.69) is 12.1 Å². The van der Waals surface area contributed by atoms with E-state index < -0.39 is 77.7 Å². The highest BCUT2D eigenvalue weighted by Crippen LogP contribution is 2.55. The number of aliphatic carboxylic acids is 3. The largest absolute Gasteiger partial charge is 0.479 e. The third kappa shape index (κ3) is 9.98. The first-order chi connectivity index (χ1) is 26.2. The number of hydrogen-bond donors (Lipinski definition) is 5.